The van der Waals surface area contributed by atoms with Crippen LogP contribution in [0.1, 0.15) is 23.9 Å². The monoisotopic (exact) mass is 207 g/mol. The Balaban J connectivity index is 1.78. The third kappa shape index (κ3) is 2.69. The molecule has 0 bridgehead atoms. The summed E-state index contributed by atoms with van der Waals surface area (Å²) in [6, 6.07) is 3.46. The van der Waals surface area contributed by atoms with Crippen LogP contribution >= 0.6 is 0 Å². The standard InChI is InChI=1S/C12H17NO2/c1-9-6-10(9)7-13(2)8-11(14)12-4-3-5-15-12/h3-5,9-10H,6-8H2,1-2H3. The van der Waals surface area contributed by atoms with Crippen LogP contribution in [0.5, 0.6) is 0 Å². The van der Waals surface area contributed by atoms with Gasteiger partial charge in [0.1, 0.15) is 0 Å². The normalized spacial score (nSPS) is 24.5. The second-order valence-corrected chi connectivity index (χ2v) is 4.57. The predicted octanol–water partition coefficient (Wildman–Crippen LogP) is 2.05. The van der Waals surface area contributed by atoms with Crippen molar-refractivity contribution in [1.29, 1.82) is 0 Å². The van der Waals surface area contributed by atoms with Crippen LogP contribution in [0.3, 0.4) is 0 Å². The van der Waals surface area contributed by atoms with Crippen LogP contribution < -0.4 is 0 Å². The fourth-order valence-corrected chi connectivity index (χ4v) is 1.88. The number of furan rings is 1. The molecule has 0 aromatic carbocycles. The molecule has 1 aromatic rings. The molecule has 1 saturated carbocycles. The van der Waals surface area contributed by atoms with Gasteiger partial charge < -0.3 is 4.42 Å². The molecule has 0 radical (unpaired) electrons. The lowest BCUT2D eigenvalue weighted by molar-refractivity contribution is 0.0916. The summed E-state index contributed by atoms with van der Waals surface area (Å²) in [5.74, 6) is 2.16. The van der Waals surface area contributed by atoms with E-state index in [1.54, 1.807) is 12.1 Å². The van der Waals surface area contributed by atoms with Crippen molar-refractivity contribution in [1.82, 2.24) is 4.90 Å². The molecule has 1 fully saturated rings. The smallest absolute Gasteiger partial charge is 0.211 e. The first kappa shape index (κ1) is 10.4. The molecule has 15 heavy (non-hydrogen) atoms. The molecule has 1 aliphatic rings. The van der Waals surface area contributed by atoms with Gasteiger partial charge in [-0.1, -0.05) is 6.92 Å². The molecule has 0 saturated heterocycles. The van der Waals surface area contributed by atoms with Gasteiger partial charge in [-0.15, -0.1) is 0 Å². The Morgan fingerprint density at radius 1 is 1.67 bits per heavy atom. The number of hydrogen-bond acceptors (Lipinski definition) is 3. The maximum Gasteiger partial charge on any atom is 0.211 e. The molecule has 2 unspecified atom stereocenters. The van der Waals surface area contributed by atoms with Gasteiger partial charge in [0, 0.05) is 6.54 Å². The quantitative estimate of drug-likeness (QED) is 0.693. The molecule has 0 N–H and O–H groups in total. The van der Waals surface area contributed by atoms with E-state index in [1.807, 2.05) is 7.05 Å². The summed E-state index contributed by atoms with van der Waals surface area (Å²) in [5, 5.41) is 0. The topological polar surface area (TPSA) is 33.5 Å². The number of ketones is 1. The van der Waals surface area contributed by atoms with Crippen molar-refractivity contribution >= 4 is 5.78 Å². The fourth-order valence-electron chi connectivity index (χ4n) is 1.88. The summed E-state index contributed by atoms with van der Waals surface area (Å²) in [4.78, 5) is 13.7. The molecular formula is C12H17NO2. The minimum Gasteiger partial charge on any atom is -0.461 e. The van der Waals surface area contributed by atoms with Crippen molar-refractivity contribution in [2.45, 2.75) is 13.3 Å². The van der Waals surface area contributed by atoms with Crippen LogP contribution in [-0.4, -0.2) is 30.8 Å². The molecule has 0 aliphatic heterocycles. The van der Waals surface area contributed by atoms with Gasteiger partial charge in [0.25, 0.3) is 0 Å². The average Bonchev–Trinajstić information content (AvgIpc) is 2.73. The predicted molar refractivity (Wildman–Crippen MR) is 57.8 cm³/mol. The van der Waals surface area contributed by atoms with Crippen LogP contribution in [0.4, 0.5) is 0 Å². The zero-order valence-electron chi connectivity index (χ0n) is 9.27. The fraction of sp³-hybridized carbons (Fsp3) is 0.583. The van der Waals surface area contributed by atoms with Gasteiger partial charge in [-0.3, -0.25) is 9.69 Å². The maximum atomic E-state index is 11.7. The zero-order chi connectivity index (χ0) is 10.8. The van der Waals surface area contributed by atoms with E-state index in [2.05, 4.69) is 11.8 Å². The largest absolute Gasteiger partial charge is 0.461 e. The molecule has 2 rings (SSSR count). The summed E-state index contributed by atoms with van der Waals surface area (Å²) < 4.78 is 5.06. The second kappa shape index (κ2) is 4.19. The molecule has 2 atom stereocenters. The summed E-state index contributed by atoms with van der Waals surface area (Å²) in [5.41, 5.74) is 0. The first-order valence-corrected chi connectivity index (χ1v) is 5.42. The van der Waals surface area contributed by atoms with E-state index in [0.29, 0.717) is 12.3 Å². The van der Waals surface area contributed by atoms with Gasteiger partial charge in [-0.05, 0) is 37.4 Å². The van der Waals surface area contributed by atoms with Crippen molar-refractivity contribution in [3.8, 4) is 0 Å². The lowest BCUT2D eigenvalue weighted by Crippen LogP contribution is -2.28. The molecule has 3 nitrogen and oxygen atoms in total. The molecule has 3 heteroatoms. The summed E-state index contributed by atoms with van der Waals surface area (Å²) in [7, 11) is 1.99. The van der Waals surface area contributed by atoms with E-state index in [4.69, 9.17) is 4.42 Å². The van der Waals surface area contributed by atoms with Gasteiger partial charge in [0.15, 0.2) is 5.76 Å². The number of carbonyl (C=O) groups excluding carboxylic acids is 1. The molecule has 1 aromatic heterocycles. The molecular weight excluding hydrogens is 190 g/mol. The molecule has 1 aliphatic carbocycles. The highest BCUT2D eigenvalue weighted by Crippen LogP contribution is 2.37. The number of likely N-dealkylation sites (N-methyl/N-ethyl adjacent to an activating group) is 1. The van der Waals surface area contributed by atoms with Crippen molar-refractivity contribution in [2.24, 2.45) is 11.8 Å². The Labute approximate surface area is 90.1 Å². The summed E-state index contributed by atoms with van der Waals surface area (Å²) >= 11 is 0. The molecule has 0 spiro atoms. The van der Waals surface area contributed by atoms with E-state index in [-0.39, 0.29) is 5.78 Å². The van der Waals surface area contributed by atoms with E-state index in [1.165, 1.54) is 12.7 Å². The molecule has 0 amide bonds. The summed E-state index contributed by atoms with van der Waals surface area (Å²) in [6.07, 6.45) is 2.84. The van der Waals surface area contributed by atoms with Crippen molar-refractivity contribution in [3.05, 3.63) is 24.2 Å². The maximum absolute atomic E-state index is 11.7. The average molecular weight is 207 g/mol. The van der Waals surface area contributed by atoms with Crippen LogP contribution in [-0.2, 0) is 0 Å². The van der Waals surface area contributed by atoms with Gasteiger partial charge >= 0.3 is 0 Å². The van der Waals surface area contributed by atoms with Crippen molar-refractivity contribution in [3.63, 3.8) is 0 Å². The van der Waals surface area contributed by atoms with Crippen LogP contribution in [0.2, 0.25) is 0 Å². The SMILES string of the molecule is CC1CC1CN(C)CC(=O)c1ccco1. The Hall–Kier alpha value is -1.09. The van der Waals surface area contributed by atoms with E-state index in [0.717, 1.165) is 18.4 Å². The Morgan fingerprint density at radius 3 is 2.93 bits per heavy atom. The number of Topliss-reactive ketones (excluding diaryl/α,β-unsaturated/α-hetero) is 1. The highest BCUT2D eigenvalue weighted by atomic mass is 16.3. The number of carbonyl (C=O) groups is 1. The van der Waals surface area contributed by atoms with E-state index in [9.17, 15) is 4.79 Å². The van der Waals surface area contributed by atoms with Gasteiger partial charge in [-0.2, -0.15) is 0 Å². The number of hydrogen-bond donors (Lipinski definition) is 0. The van der Waals surface area contributed by atoms with Crippen molar-refractivity contribution in [2.75, 3.05) is 20.1 Å². The molecule has 82 valence electrons. The molecule has 1 heterocycles. The lowest BCUT2D eigenvalue weighted by Gasteiger charge is -2.14. The van der Waals surface area contributed by atoms with Gasteiger partial charge in [0.2, 0.25) is 5.78 Å². The third-order valence-electron chi connectivity index (χ3n) is 3.03. The Morgan fingerprint density at radius 2 is 2.40 bits per heavy atom. The zero-order valence-corrected chi connectivity index (χ0v) is 9.27. The lowest BCUT2D eigenvalue weighted by atomic mass is 10.2. The number of nitrogens with zero attached hydrogens (tertiary/aromatic N) is 1. The second-order valence-electron chi connectivity index (χ2n) is 4.57. The highest BCUT2D eigenvalue weighted by molar-refractivity contribution is 5.94. The minimum absolute atomic E-state index is 0.0656. The first-order valence-electron chi connectivity index (χ1n) is 5.42. The van der Waals surface area contributed by atoms with Crippen LogP contribution in [0, 0.1) is 11.8 Å². The van der Waals surface area contributed by atoms with Crippen LogP contribution in [0.25, 0.3) is 0 Å². The van der Waals surface area contributed by atoms with E-state index >= 15 is 0 Å². The van der Waals surface area contributed by atoms with Crippen LogP contribution in [0.15, 0.2) is 22.8 Å². The van der Waals surface area contributed by atoms with E-state index < -0.39 is 0 Å². The van der Waals surface area contributed by atoms with Gasteiger partial charge in [0.05, 0.1) is 12.8 Å². The Bertz CT molecular complexity index is 331. The summed E-state index contributed by atoms with van der Waals surface area (Å²) in [6.45, 7) is 3.73. The third-order valence-corrected chi connectivity index (χ3v) is 3.03. The highest BCUT2D eigenvalue weighted by Gasteiger charge is 2.33. The van der Waals surface area contributed by atoms with Gasteiger partial charge in [-0.25, -0.2) is 0 Å². The number of rotatable bonds is 5. The first-order chi connectivity index (χ1) is 7.16. The van der Waals surface area contributed by atoms with Crippen molar-refractivity contribution < 1.29 is 9.21 Å². The minimum atomic E-state index is 0.0656. The Kier molecular flexibility index (Phi) is 2.91.